The van der Waals surface area contributed by atoms with Crippen molar-refractivity contribution in [3.8, 4) is 0 Å². The molecule has 5 aliphatic rings. The molecule has 2 aliphatic carbocycles. The second-order valence-electron chi connectivity index (χ2n) is 27.7. The number of alkyl halides is 6. The monoisotopic (exact) mass is 1430 g/mol. The highest BCUT2D eigenvalue weighted by Gasteiger charge is 2.35. The van der Waals surface area contributed by atoms with Crippen LogP contribution >= 0.6 is 23.2 Å². The fourth-order valence-corrected chi connectivity index (χ4v) is 15.6. The van der Waals surface area contributed by atoms with Gasteiger partial charge in [0.25, 0.3) is 0 Å². The zero-order valence-electron chi connectivity index (χ0n) is 58.8. The molecule has 3 saturated heterocycles. The molecule has 544 valence electrons. The van der Waals surface area contributed by atoms with Crippen molar-refractivity contribution in [2.45, 2.75) is 120 Å². The number of rotatable bonds is 23. The minimum atomic E-state index is -4.37. The van der Waals surface area contributed by atoms with Gasteiger partial charge in [-0.15, -0.1) is 0 Å². The maximum Gasteiger partial charge on any atom is 0.416 e. The lowest BCUT2D eigenvalue weighted by molar-refractivity contribution is -0.138. The Balaban J connectivity index is 0.000000164. The molecule has 20 heteroatoms. The van der Waals surface area contributed by atoms with Gasteiger partial charge in [-0.3, -0.25) is 24.5 Å². The molecule has 101 heavy (non-hydrogen) atoms. The van der Waals surface area contributed by atoms with E-state index in [0.717, 1.165) is 133 Å². The minimum absolute atomic E-state index is 0.197. The Hall–Kier alpha value is -6.71. The van der Waals surface area contributed by atoms with E-state index in [4.69, 9.17) is 23.2 Å². The van der Waals surface area contributed by atoms with Gasteiger partial charge < -0.3 is 31.1 Å². The average molecular weight is 1430 g/mol. The van der Waals surface area contributed by atoms with Gasteiger partial charge in [-0.05, 0) is 158 Å². The Bertz CT molecular complexity index is 3490. The molecular weight excluding hydrogens is 1330 g/mol. The molecule has 3 atom stereocenters. The Morgan fingerprint density at radius 1 is 0.455 bits per heavy atom. The van der Waals surface area contributed by atoms with Crippen LogP contribution in [0.1, 0.15) is 121 Å². The number of halogens is 8. The maximum atomic E-state index is 13.1. The van der Waals surface area contributed by atoms with Gasteiger partial charge in [0.05, 0.1) is 17.2 Å². The van der Waals surface area contributed by atoms with E-state index < -0.39 is 23.5 Å². The SMILES string of the molecule is CN(C)c1ccc(C(CNCCc2ccc(C(F)(F)F)cc2)N2CCN(c3ccccc3)CC2)cc1.Clc1cc(Cl)cc(CCNCC(c2ccccc2)N2CCN(C3CCCCC3)CC2)c1.O=C(NCC(c1ccc(C(F)(F)F)cc1)N1CCN(C2CCCCC2)CC1)Nc1ccccc1. The number of carbonyl (C=O) groups is 1. The summed E-state index contributed by atoms with van der Waals surface area (Å²) in [6.07, 6.45) is 6.43. The summed E-state index contributed by atoms with van der Waals surface area (Å²) < 4.78 is 77.7. The molecule has 0 spiro atoms. The van der Waals surface area contributed by atoms with Gasteiger partial charge in [-0.25, -0.2) is 4.79 Å². The molecule has 12 nitrogen and oxygen atoms in total. The highest BCUT2D eigenvalue weighted by Crippen LogP contribution is 2.34. The van der Waals surface area contributed by atoms with Crippen LogP contribution in [0.15, 0.2) is 182 Å². The Morgan fingerprint density at radius 2 is 0.851 bits per heavy atom. The quantitative estimate of drug-likeness (QED) is 0.0367. The summed E-state index contributed by atoms with van der Waals surface area (Å²) in [4.78, 5) is 29.8. The van der Waals surface area contributed by atoms with E-state index in [1.807, 2.05) is 50.5 Å². The molecule has 3 aliphatic heterocycles. The number of amides is 2. The average Bonchev–Trinajstić information content (AvgIpc) is 0.904. The lowest BCUT2D eigenvalue weighted by Gasteiger charge is -2.43. The van der Waals surface area contributed by atoms with Crippen LogP contribution in [0.5, 0.6) is 0 Å². The van der Waals surface area contributed by atoms with Crippen LogP contribution in [0.25, 0.3) is 0 Å². The summed E-state index contributed by atoms with van der Waals surface area (Å²) in [6, 6.07) is 57.6. The molecule has 0 radical (unpaired) electrons. The minimum Gasteiger partial charge on any atom is -0.378 e. The first-order chi connectivity index (χ1) is 48.9. The van der Waals surface area contributed by atoms with Crippen LogP contribution in [0, 0.1) is 0 Å². The van der Waals surface area contributed by atoms with E-state index in [1.165, 1.54) is 117 Å². The lowest BCUT2D eigenvalue weighted by Crippen LogP contribution is -2.53. The summed E-state index contributed by atoms with van der Waals surface area (Å²) in [6.45, 7) is 15.8. The predicted molar refractivity (Wildman–Crippen MR) is 402 cm³/mol. The van der Waals surface area contributed by atoms with E-state index in [0.29, 0.717) is 47.3 Å². The van der Waals surface area contributed by atoms with Crippen molar-refractivity contribution < 1.29 is 31.1 Å². The van der Waals surface area contributed by atoms with Crippen molar-refractivity contribution in [1.29, 1.82) is 0 Å². The topological polar surface area (TPSA) is 87.9 Å². The predicted octanol–water partition coefficient (Wildman–Crippen LogP) is 16.8. The van der Waals surface area contributed by atoms with E-state index >= 15 is 0 Å². The molecular formula is C81H103Cl2F6N11O. The van der Waals surface area contributed by atoms with Crippen molar-refractivity contribution in [3.05, 3.63) is 231 Å². The third-order valence-electron chi connectivity index (χ3n) is 20.8. The number of benzene rings is 7. The number of hydrogen-bond donors (Lipinski definition) is 4. The number of para-hydroxylation sites is 2. The summed E-state index contributed by atoms with van der Waals surface area (Å²) in [5, 5.41) is 14.4. The Labute approximate surface area is 605 Å². The van der Waals surface area contributed by atoms with Crippen molar-refractivity contribution in [1.82, 2.24) is 40.4 Å². The number of piperazine rings is 3. The molecule has 7 aromatic carbocycles. The molecule has 5 fully saturated rings. The van der Waals surface area contributed by atoms with Crippen molar-refractivity contribution >= 4 is 46.3 Å². The summed E-state index contributed by atoms with van der Waals surface area (Å²) in [5.41, 5.74) is 7.40. The van der Waals surface area contributed by atoms with Crippen molar-refractivity contribution in [3.63, 3.8) is 0 Å². The Kier molecular flexibility index (Phi) is 29.5. The van der Waals surface area contributed by atoms with Crippen LogP contribution in [-0.2, 0) is 25.2 Å². The zero-order chi connectivity index (χ0) is 71.0. The first-order valence-electron chi connectivity index (χ1n) is 36.5. The third-order valence-corrected chi connectivity index (χ3v) is 21.2. The molecule has 2 amide bonds. The van der Waals surface area contributed by atoms with Gasteiger partial charge in [0.2, 0.25) is 0 Å². The smallest absolute Gasteiger partial charge is 0.378 e. The van der Waals surface area contributed by atoms with Crippen LogP contribution in [0.4, 0.5) is 48.2 Å². The van der Waals surface area contributed by atoms with E-state index in [-0.39, 0.29) is 18.1 Å². The van der Waals surface area contributed by atoms with Gasteiger partial charge >= 0.3 is 18.4 Å². The van der Waals surface area contributed by atoms with E-state index in [9.17, 15) is 31.1 Å². The zero-order valence-corrected chi connectivity index (χ0v) is 60.3. The number of hydrogen-bond acceptors (Lipinski definition) is 10. The van der Waals surface area contributed by atoms with Gasteiger partial charge in [0, 0.05) is 164 Å². The normalized spacial score (nSPS) is 18.3. The molecule has 7 aromatic rings. The number of nitrogens with one attached hydrogen (secondary N) is 4. The summed E-state index contributed by atoms with van der Waals surface area (Å²) in [7, 11) is 4.08. The van der Waals surface area contributed by atoms with Crippen LogP contribution in [-0.4, -0.2) is 168 Å². The highest BCUT2D eigenvalue weighted by molar-refractivity contribution is 6.34. The summed E-state index contributed by atoms with van der Waals surface area (Å²) in [5.74, 6) is 0. The lowest BCUT2D eigenvalue weighted by atomic mass is 9.93. The molecule has 12 rings (SSSR count). The molecule has 3 heterocycles. The number of anilines is 3. The van der Waals surface area contributed by atoms with Gasteiger partial charge in [-0.2, -0.15) is 26.3 Å². The Morgan fingerprint density at radius 3 is 1.31 bits per heavy atom. The third kappa shape index (κ3) is 23.9. The van der Waals surface area contributed by atoms with E-state index in [2.05, 4.69) is 134 Å². The first kappa shape index (κ1) is 76.9. The van der Waals surface area contributed by atoms with Gasteiger partial charge in [0.1, 0.15) is 0 Å². The number of carbonyl (C=O) groups excluding carboxylic acids is 1. The molecule has 0 bridgehead atoms. The fraction of sp³-hybridized carbons (Fsp3) is 0.469. The van der Waals surface area contributed by atoms with Crippen LogP contribution in [0.3, 0.4) is 0 Å². The van der Waals surface area contributed by atoms with Crippen LogP contribution in [0.2, 0.25) is 10.0 Å². The second-order valence-corrected chi connectivity index (χ2v) is 28.6. The number of urea groups is 1. The van der Waals surface area contributed by atoms with Crippen molar-refractivity contribution in [2.75, 3.05) is 140 Å². The first-order valence-corrected chi connectivity index (χ1v) is 37.3. The summed E-state index contributed by atoms with van der Waals surface area (Å²) >= 11 is 12.3. The fourth-order valence-electron chi connectivity index (χ4n) is 15.0. The van der Waals surface area contributed by atoms with Crippen LogP contribution < -0.4 is 31.1 Å². The molecule has 2 saturated carbocycles. The van der Waals surface area contributed by atoms with Crippen molar-refractivity contribution in [2.24, 2.45) is 0 Å². The molecule has 4 N–H and O–H groups in total. The highest BCUT2D eigenvalue weighted by atomic mass is 35.5. The second kappa shape index (κ2) is 38.7. The molecule has 3 unspecified atom stereocenters. The largest absolute Gasteiger partial charge is 0.416 e. The standard InChI is InChI=1S/C29H35F3N4.C26H35Cl2N3.C26H33F3N4O/c1-34(2)26-14-10-24(11-15-26)28(36-20-18-35(19-21-36)27-6-4-3-5-7-27)22-33-17-16-23-8-12-25(13-9-23)29(30,31)32;27-23-17-21(18-24(28)19-23)11-12-29-20-26(22-7-3-1-4-8-22)31-15-13-30(14-16-31)25-9-5-2-6-10-25;27-26(28,29)21-13-11-20(12-14-21)24(19-30-25(34)31-22-7-3-1-4-8-22)33-17-15-32(16-18-33)23-9-5-2-6-10-23/h3-15,28,33H,16-22H2,1-2H3;1,3-4,7-8,17-19,25-26,29H,2,5-6,9-16,20H2;1,3-4,7-8,11-14,23-24H,2,5-6,9-10,15-19H2,(H2,30,31,34). The van der Waals surface area contributed by atoms with Gasteiger partial charge in [-0.1, -0.05) is 165 Å². The number of nitrogens with zero attached hydrogens (tertiary/aromatic N) is 7. The van der Waals surface area contributed by atoms with Gasteiger partial charge in [0.15, 0.2) is 0 Å². The molecule has 0 aromatic heterocycles. The van der Waals surface area contributed by atoms with E-state index in [1.54, 1.807) is 30.3 Å². The maximum absolute atomic E-state index is 13.1.